The molecule has 0 saturated carbocycles. The lowest BCUT2D eigenvalue weighted by Crippen LogP contribution is -2.16. The highest BCUT2D eigenvalue weighted by molar-refractivity contribution is 6.30. The molecule has 4 rings (SSSR count). The van der Waals surface area contributed by atoms with Gasteiger partial charge in [-0.25, -0.2) is 9.67 Å². The maximum Gasteiger partial charge on any atom is 0.259 e. The second-order valence-corrected chi connectivity index (χ2v) is 8.42. The van der Waals surface area contributed by atoms with E-state index in [1.165, 1.54) is 0 Å². The molecule has 170 valence electrons. The zero-order valence-corrected chi connectivity index (χ0v) is 19.7. The third-order valence-electron chi connectivity index (χ3n) is 5.22. The minimum absolute atomic E-state index is 0.0588. The Kier molecular flexibility index (Phi) is 6.62. The van der Waals surface area contributed by atoms with Crippen molar-refractivity contribution in [3.8, 4) is 23.4 Å². The summed E-state index contributed by atoms with van der Waals surface area (Å²) in [7, 11) is 0. The lowest BCUT2D eigenvalue weighted by Gasteiger charge is -2.14. The number of nitriles is 1. The Hall–Kier alpha value is -4.15. The molecule has 0 aliphatic rings. The number of benzene rings is 2. The summed E-state index contributed by atoms with van der Waals surface area (Å²) in [6.07, 6.45) is 3.14. The predicted octanol–water partition coefficient (Wildman–Crippen LogP) is 6.27. The number of halogens is 1. The van der Waals surface area contributed by atoms with Gasteiger partial charge in [0.25, 0.3) is 5.91 Å². The molecule has 0 saturated heterocycles. The van der Waals surface area contributed by atoms with Gasteiger partial charge in [-0.3, -0.25) is 4.79 Å². The predicted molar refractivity (Wildman–Crippen MR) is 131 cm³/mol. The van der Waals surface area contributed by atoms with Crippen molar-refractivity contribution in [3.63, 3.8) is 0 Å². The number of aryl methyl sites for hydroxylation is 1. The van der Waals surface area contributed by atoms with Gasteiger partial charge >= 0.3 is 0 Å². The lowest BCUT2D eigenvalue weighted by molar-refractivity contribution is 0.102. The zero-order chi connectivity index (χ0) is 24.2. The largest absolute Gasteiger partial charge is 0.438 e. The van der Waals surface area contributed by atoms with Gasteiger partial charge in [-0.1, -0.05) is 25.4 Å². The first-order chi connectivity index (χ1) is 16.4. The summed E-state index contributed by atoms with van der Waals surface area (Å²) in [5, 5.41) is 17.3. The minimum atomic E-state index is -0.253. The van der Waals surface area contributed by atoms with Gasteiger partial charge in [0.2, 0.25) is 5.88 Å². The van der Waals surface area contributed by atoms with Crippen molar-refractivity contribution in [1.82, 2.24) is 14.8 Å². The first-order valence-electron chi connectivity index (χ1n) is 10.7. The fourth-order valence-corrected chi connectivity index (χ4v) is 3.70. The molecule has 2 heterocycles. The van der Waals surface area contributed by atoms with Gasteiger partial charge in [0, 0.05) is 16.9 Å². The van der Waals surface area contributed by atoms with Crippen LogP contribution in [0.2, 0.25) is 5.02 Å². The monoisotopic (exact) mass is 471 g/mol. The van der Waals surface area contributed by atoms with Crippen LogP contribution in [0.25, 0.3) is 5.69 Å². The molecule has 7 nitrogen and oxygen atoms in total. The maximum atomic E-state index is 13.2. The molecule has 0 unspecified atom stereocenters. The molecule has 0 spiro atoms. The Labute approximate surface area is 202 Å². The van der Waals surface area contributed by atoms with E-state index in [0.717, 1.165) is 16.9 Å². The third-order valence-corrected chi connectivity index (χ3v) is 5.47. The van der Waals surface area contributed by atoms with Gasteiger partial charge in [-0.05, 0) is 73.0 Å². The lowest BCUT2D eigenvalue weighted by atomic mass is 10.0. The number of rotatable bonds is 6. The van der Waals surface area contributed by atoms with Crippen LogP contribution in [0.3, 0.4) is 0 Å². The Morgan fingerprint density at radius 2 is 1.94 bits per heavy atom. The standard InChI is InChI=1S/C26H22ClN5O2/c1-16(2)24-22(15-30-32(24)20-8-6-19(27)7-9-20)25(33)31-23-11-10-21(13-17(23)3)34-26-18(14-28)5-4-12-29-26/h4-13,15-16H,1-3H3,(H,31,33). The number of aromatic nitrogens is 3. The molecule has 2 aromatic carbocycles. The quantitative estimate of drug-likeness (QED) is 0.357. The maximum absolute atomic E-state index is 13.2. The summed E-state index contributed by atoms with van der Waals surface area (Å²) in [4.78, 5) is 17.3. The van der Waals surface area contributed by atoms with Crippen LogP contribution in [0.5, 0.6) is 11.6 Å². The number of pyridine rings is 1. The fourth-order valence-electron chi connectivity index (χ4n) is 3.57. The molecule has 4 aromatic rings. The van der Waals surface area contributed by atoms with Crippen LogP contribution >= 0.6 is 11.6 Å². The first kappa shape index (κ1) is 23.0. The highest BCUT2D eigenvalue weighted by Gasteiger charge is 2.21. The van der Waals surface area contributed by atoms with Crippen molar-refractivity contribution in [1.29, 1.82) is 5.26 Å². The van der Waals surface area contributed by atoms with E-state index in [2.05, 4.69) is 21.5 Å². The third kappa shape index (κ3) is 4.77. The van der Waals surface area contributed by atoms with Crippen LogP contribution in [0.4, 0.5) is 5.69 Å². The molecule has 0 fully saturated rings. The summed E-state index contributed by atoms with van der Waals surface area (Å²) in [5.41, 5.74) is 3.92. The minimum Gasteiger partial charge on any atom is -0.438 e. The molecule has 0 bridgehead atoms. The van der Waals surface area contributed by atoms with Crippen LogP contribution in [0, 0.1) is 18.3 Å². The fraction of sp³-hybridized carbons (Fsp3) is 0.154. The number of nitrogens with zero attached hydrogens (tertiary/aromatic N) is 4. The van der Waals surface area contributed by atoms with E-state index in [-0.39, 0.29) is 17.7 Å². The van der Waals surface area contributed by atoms with E-state index in [4.69, 9.17) is 16.3 Å². The number of amides is 1. The Morgan fingerprint density at radius 3 is 2.62 bits per heavy atom. The molecule has 0 aliphatic heterocycles. The Bertz CT molecular complexity index is 1390. The van der Waals surface area contributed by atoms with Crippen LogP contribution in [-0.4, -0.2) is 20.7 Å². The van der Waals surface area contributed by atoms with Crippen molar-refractivity contribution in [2.45, 2.75) is 26.7 Å². The molecule has 1 N–H and O–H groups in total. The van der Waals surface area contributed by atoms with Crippen molar-refractivity contribution in [2.75, 3.05) is 5.32 Å². The van der Waals surface area contributed by atoms with E-state index < -0.39 is 0 Å². The van der Waals surface area contributed by atoms with E-state index >= 15 is 0 Å². The Morgan fingerprint density at radius 1 is 1.18 bits per heavy atom. The molecule has 0 aliphatic carbocycles. The summed E-state index contributed by atoms with van der Waals surface area (Å²) < 4.78 is 7.53. The summed E-state index contributed by atoms with van der Waals surface area (Å²) in [5.74, 6) is 0.558. The average molecular weight is 472 g/mol. The van der Waals surface area contributed by atoms with Gasteiger partial charge in [0.15, 0.2) is 0 Å². The summed E-state index contributed by atoms with van der Waals surface area (Å²) in [6.45, 7) is 5.90. The highest BCUT2D eigenvalue weighted by atomic mass is 35.5. The van der Waals surface area contributed by atoms with Gasteiger partial charge in [-0.15, -0.1) is 0 Å². The summed E-state index contributed by atoms with van der Waals surface area (Å²) in [6, 6.07) is 18.0. The van der Waals surface area contributed by atoms with E-state index in [1.807, 2.05) is 32.9 Å². The molecule has 1 amide bonds. The van der Waals surface area contributed by atoms with Gasteiger partial charge in [0.1, 0.15) is 17.4 Å². The Balaban J connectivity index is 1.57. The van der Waals surface area contributed by atoms with Crippen molar-refractivity contribution in [2.24, 2.45) is 0 Å². The van der Waals surface area contributed by atoms with Crippen LogP contribution in [0.1, 0.15) is 46.9 Å². The molecule has 2 aromatic heterocycles. The number of nitrogens with one attached hydrogen (secondary N) is 1. The number of ether oxygens (including phenoxy) is 1. The SMILES string of the molecule is Cc1cc(Oc2ncccc2C#N)ccc1NC(=O)c1cnn(-c2ccc(Cl)cc2)c1C(C)C. The number of hydrogen-bond acceptors (Lipinski definition) is 5. The topological polar surface area (TPSA) is 92.8 Å². The second-order valence-electron chi connectivity index (χ2n) is 7.99. The highest BCUT2D eigenvalue weighted by Crippen LogP contribution is 2.28. The first-order valence-corrected chi connectivity index (χ1v) is 11.0. The van der Waals surface area contributed by atoms with Crippen molar-refractivity contribution >= 4 is 23.2 Å². The molecule has 34 heavy (non-hydrogen) atoms. The van der Waals surface area contributed by atoms with E-state index in [9.17, 15) is 10.1 Å². The van der Waals surface area contributed by atoms with Crippen molar-refractivity contribution in [3.05, 3.63) is 94.4 Å². The van der Waals surface area contributed by atoms with Crippen molar-refractivity contribution < 1.29 is 9.53 Å². The number of hydrogen-bond donors (Lipinski definition) is 1. The van der Waals surface area contributed by atoms with Gasteiger partial charge < -0.3 is 10.1 Å². The van der Waals surface area contributed by atoms with Crippen LogP contribution in [-0.2, 0) is 0 Å². The molecular weight excluding hydrogens is 450 g/mol. The van der Waals surface area contributed by atoms with E-state index in [1.54, 1.807) is 59.5 Å². The number of carbonyl (C=O) groups is 1. The van der Waals surface area contributed by atoms with Gasteiger partial charge in [0.05, 0.1) is 23.1 Å². The molecule has 0 atom stereocenters. The number of carbonyl (C=O) groups excluding carboxylic acids is 1. The molecule has 8 heteroatoms. The average Bonchev–Trinajstić information content (AvgIpc) is 3.27. The van der Waals surface area contributed by atoms with E-state index in [0.29, 0.717) is 27.6 Å². The number of anilines is 1. The molecule has 0 radical (unpaired) electrons. The van der Waals surface area contributed by atoms with Crippen LogP contribution in [0.15, 0.2) is 67.0 Å². The smallest absolute Gasteiger partial charge is 0.259 e. The molecular formula is C26H22ClN5O2. The normalized spacial score (nSPS) is 10.7. The summed E-state index contributed by atoms with van der Waals surface area (Å²) >= 11 is 6.01. The van der Waals surface area contributed by atoms with Gasteiger partial charge in [-0.2, -0.15) is 10.4 Å². The zero-order valence-electron chi connectivity index (χ0n) is 18.9. The second kappa shape index (κ2) is 9.77. The van der Waals surface area contributed by atoms with Crippen LogP contribution < -0.4 is 10.1 Å².